The van der Waals surface area contributed by atoms with Gasteiger partial charge in [0.2, 0.25) is 5.88 Å². The minimum absolute atomic E-state index is 0.631. The van der Waals surface area contributed by atoms with Crippen LogP contribution < -0.4 is 4.74 Å². The lowest BCUT2D eigenvalue weighted by molar-refractivity contribution is 0.398. The number of hydrogen-bond donors (Lipinski definition) is 0. The molecule has 1 heterocycles. The number of hydrogen-bond acceptors (Lipinski definition) is 3. The first-order chi connectivity index (χ1) is 16.9. The van der Waals surface area contributed by atoms with Crippen LogP contribution in [-0.2, 0) is 6.42 Å². The van der Waals surface area contributed by atoms with E-state index < -0.39 is 0 Å². The van der Waals surface area contributed by atoms with Crippen LogP contribution in [0.4, 0.5) is 0 Å². The van der Waals surface area contributed by atoms with Gasteiger partial charge in [-0.25, -0.2) is 4.98 Å². The first-order valence-electron chi connectivity index (χ1n) is 11.8. The molecule has 0 amide bonds. The summed E-state index contributed by atoms with van der Waals surface area (Å²) >= 11 is 9.89. The summed E-state index contributed by atoms with van der Waals surface area (Å²) < 4.78 is 6.88. The molecule has 3 aromatic carbocycles. The van der Waals surface area contributed by atoms with Crippen LogP contribution in [0.15, 0.2) is 88.9 Å². The standard InChI is InChI=1S/C30H30BrClN2O/c1-34(2)18-17-23(10-9-21-7-5-4-6-8-21)29(22-11-14-26(32)15-12-22)27-20-24-19-25(31)13-16-28(24)33-30(27)35-3/h4-8,11-16,19-20H,9-10,17-18H2,1-3H3/b29-23+. The second kappa shape index (κ2) is 11.9. The van der Waals surface area contributed by atoms with Crippen molar-refractivity contribution in [1.82, 2.24) is 9.88 Å². The summed E-state index contributed by atoms with van der Waals surface area (Å²) in [5, 5.41) is 1.79. The molecule has 0 atom stereocenters. The Kier molecular flexibility index (Phi) is 8.61. The molecule has 0 aliphatic carbocycles. The van der Waals surface area contributed by atoms with Crippen molar-refractivity contribution < 1.29 is 4.74 Å². The topological polar surface area (TPSA) is 25.4 Å². The molecule has 0 N–H and O–H groups in total. The molecule has 4 rings (SSSR count). The number of halogens is 2. The van der Waals surface area contributed by atoms with Crippen LogP contribution in [0.25, 0.3) is 16.5 Å². The molecule has 3 nitrogen and oxygen atoms in total. The monoisotopic (exact) mass is 548 g/mol. The molecule has 0 aliphatic rings. The van der Waals surface area contributed by atoms with Crippen LogP contribution in [-0.4, -0.2) is 37.6 Å². The molecular formula is C30H30BrClN2O. The Morgan fingerprint density at radius 1 is 0.943 bits per heavy atom. The molecule has 0 spiro atoms. The molecule has 5 heteroatoms. The van der Waals surface area contributed by atoms with Gasteiger partial charge in [-0.1, -0.05) is 75.6 Å². The van der Waals surface area contributed by atoms with Crippen LogP contribution in [0.2, 0.25) is 5.02 Å². The minimum Gasteiger partial charge on any atom is -0.481 e. The van der Waals surface area contributed by atoms with Gasteiger partial charge in [-0.05, 0) is 86.5 Å². The van der Waals surface area contributed by atoms with Crippen LogP contribution in [0, 0.1) is 0 Å². The summed E-state index contributed by atoms with van der Waals surface area (Å²) in [4.78, 5) is 7.11. The van der Waals surface area contributed by atoms with Crippen LogP contribution in [0.1, 0.15) is 29.5 Å². The Hall–Kier alpha value is -2.66. The maximum Gasteiger partial charge on any atom is 0.221 e. The number of benzene rings is 3. The highest BCUT2D eigenvalue weighted by atomic mass is 79.9. The van der Waals surface area contributed by atoms with Crippen molar-refractivity contribution in [2.75, 3.05) is 27.7 Å². The van der Waals surface area contributed by atoms with Gasteiger partial charge in [0.25, 0.3) is 0 Å². The Morgan fingerprint density at radius 2 is 1.69 bits per heavy atom. The van der Waals surface area contributed by atoms with Gasteiger partial charge in [0.15, 0.2) is 0 Å². The number of aryl methyl sites for hydroxylation is 1. The van der Waals surface area contributed by atoms with E-state index in [2.05, 4.69) is 89.5 Å². The van der Waals surface area contributed by atoms with Crippen molar-refractivity contribution in [1.29, 1.82) is 0 Å². The maximum atomic E-state index is 6.27. The smallest absolute Gasteiger partial charge is 0.221 e. The quantitative estimate of drug-likeness (QED) is 0.211. The number of rotatable bonds is 9. The zero-order valence-electron chi connectivity index (χ0n) is 20.4. The van der Waals surface area contributed by atoms with Crippen molar-refractivity contribution in [3.8, 4) is 5.88 Å². The van der Waals surface area contributed by atoms with E-state index in [4.69, 9.17) is 21.3 Å². The highest BCUT2D eigenvalue weighted by molar-refractivity contribution is 9.10. The van der Waals surface area contributed by atoms with E-state index in [0.29, 0.717) is 5.88 Å². The third-order valence-corrected chi connectivity index (χ3v) is 6.86. The molecule has 0 radical (unpaired) electrons. The molecule has 4 aromatic rings. The second-order valence-electron chi connectivity index (χ2n) is 8.91. The van der Waals surface area contributed by atoms with E-state index in [1.807, 2.05) is 24.3 Å². The number of aromatic nitrogens is 1. The van der Waals surface area contributed by atoms with Gasteiger partial charge in [-0.15, -0.1) is 0 Å². The lowest BCUT2D eigenvalue weighted by Gasteiger charge is -2.21. The summed E-state index contributed by atoms with van der Waals surface area (Å²) in [6.07, 6.45) is 2.85. The van der Waals surface area contributed by atoms with E-state index in [-0.39, 0.29) is 0 Å². The Balaban J connectivity index is 1.93. The van der Waals surface area contributed by atoms with Crippen LogP contribution in [0.3, 0.4) is 0 Å². The maximum absolute atomic E-state index is 6.27. The van der Waals surface area contributed by atoms with Gasteiger partial charge in [0.05, 0.1) is 12.6 Å². The largest absolute Gasteiger partial charge is 0.481 e. The van der Waals surface area contributed by atoms with Crippen molar-refractivity contribution in [2.45, 2.75) is 19.3 Å². The van der Waals surface area contributed by atoms with Gasteiger partial charge in [0, 0.05) is 27.0 Å². The van der Waals surface area contributed by atoms with Crippen molar-refractivity contribution in [3.05, 3.63) is 111 Å². The van der Waals surface area contributed by atoms with Gasteiger partial charge in [-0.3, -0.25) is 0 Å². The van der Waals surface area contributed by atoms with Crippen molar-refractivity contribution >= 4 is 44.0 Å². The zero-order chi connectivity index (χ0) is 24.8. The first-order valence-corrected chi connectivity index (χ1v) is 12.9. The van der Waals surface area contributed by atoms with Crippen molar-refractivity contribution in [2.24, 2.45) is 0 Å². The highest BCUT2D eigenvalue weighted by Crippen LogP contribution is 2.38. The predicted octanol–water partition coefficient (Wildman–Crippen LogP) is 8.05. The lowest BCUT2D eigenvalue weighted by Crippen LogP contribution is -2.14. The number of methoxy groups -OCH3 is 1. The summed E-state index contributed by atoms with van der Waals surface area (Å²) in [6, 6.07) is 27.1. The van der Waals surface area contributed by atoms with Gasteiger partial charge in [0.1, 0.15) is 0 Å². The average molecular weight is 550 g/mol. The number of pyridine rings is 1. The zero-order valence-corrected chi connectivity index (χ0v) is 22.7. The van der Waals surface area contributed by atoms with Gasteiger partial charge >= 0.3 is 0 Å². The number of nitrogens with zero attached hydrogens (tertiary/aromatic N) is 2. The SMILES string of the molecule is COc1nc2ccc(Br)cc2cc1/C(=C(\CCc1ccccc1)CCN(C)C)c1ccc(Cl)cc1. The van der Waals surface area contributed by atoms with E-state index >= 15 is 0 Å². The molecule has 0 saturated heterocycles. The molecule has 0 fully saturated rings. The van der Waals surface area contributed by atoms with Crippen LogP contribution >= 0.6 is 27.5 Å². The Morgan fingerprint density at radius 3 is 2.37 bits per heavy atom. The molecule has 0 aliphatic heterocycles. The average Bonchev–Trinajstić information content (AvgIpc) is 2.86. The van der Waals surface area contributed by atoms with Gasteiger partial charge in [-0.2, -0.15) is 0 Å². The molecule has 180 valence electrons. The molecule has 0 bridgehead atoms. The summed E-state index contributed by atoms with van der Waals surface area (Å²) in [7, 11) is 5.93. The van der Waals surface area contributed by atoms with E-state index in [1.165, 1.54) is 16.7 Å². The van der Waals surface area contributed by atoms with E-state index in [0.717, 1.165) is 57.3 Å². The fraction of sp³-hybridized carbons (Fsp3) is 0.233. The van der Waals surface area contributed by atoms with E-state index in [9.17, 15) is 0 Å². The third-order valence-electron chi connectivity index (χ3n) is 6.11. The van der Waals surface area contributed by atoms with E-state index in [1.54, 1.807) is 7.11 Å². The third kappa shape index (κ3) is 6.52. The van der Waals surface area contributed by atoms with Gasteiger partial charge < -0.3 is 9.64 Å². The fourth-order valence-corrected chi connectivity index (χ4v) is 4.81. The summed E-state index contributed by atoms with van der Waals surface area (Å²) in [6.45, 7) is 0.954. The molecular weight excluding hydrogens is 520 g/mol. The lowest BCUT2D eigenvalue weighted by atomic mass is 9.88. The molecule has 1 aromatic heterocycles. The summed E-state index contributed by atoms with van der Waals surface area (Å²) in [5.74, 6) is 0.631. The molecule has 0 saturated carbocycles. The summed E-state index contributed by atoms with van der Waals surface area (Å²) in [5.41, 5.74) is 6.90. The molecule has 35 heavy (non-hydrogen) atoms. The second-order valence-corrected chi connectivity index (χ2v) is 10.3. The Bertz CT molecular complexity index is 1320. The number of fused-ring (bicyclic) bond motifs is 1. The highest BCUT2D eigenvalue weighted by Gasteiger charge is 2.19. The van der Waals surface area contributed by atoms with Crippen molar-refractivity contribution in [3.63, 3.8) is 0 Å². The number of ether oxygens (including phenoxy) is 1. The van der Waals surface area contributed by atoms with Crippen LogP contribution in [0.5, 0.6) is 5.88 Å². The normalized spacial score (nSPS) is 12.2. The fourth-order valence-electron chi connectivity index (χ4n) is 4.30. The minimum atomic E-state index is 0.631. The predicted molar refractivity (Wildman–Crippen MR) is 151 cm³/mol. The Labute approximate surface area is 221 Å². The molecule has 0 unspecified atom stereocenters. The first kappa shape index (κ1) is 25.4.